The monoisotopic (exact) mass is 626 g/mol. The van der Waals surface area contributed by atoms with Crippen LogP contribution in [-0.4, -0.2) is 64.6 Å². The molecule has 1 aliphatic heterocycles. The van der Waals surface area contributed by atoms with Gasteiger partial charge in [0.1, 0.15) is 23.2 Å². The van der Waals surface area contributed by atoms with Crippen molar-refractivity contribution in [3.05, 3.63) is 69.1 Å². The zero-order chi connectivity index (χ0) is 33.2. The molecule has 1 aromatic heterocycles. The maximum atomic E-state index is 13.1. The number of rotatable bonds is 9. The first kappa shape index (κ1) is 33.3. The van der Waals surface area contributed by atoms with Crippen molar-refractivity contribution < 1.29 is 48.3 Å². The Hall–Kier alpha value is -4.59. The van der Waals surface area contributed by atoms with Crippen LogP contribution < -0.4 is 21.4 Å². The molecular weight excluding hydrogens is 588 g/mol. The Kier molecular flexibility index (Phi) is 9.76. The second kappa shape index (κ2) is 13.2. The molecule has 1 aliphatic rings. The Morgan fingerprint density at radius 3 is 2.51 bits per heavy atom. The van der Waals surface area contributed by atoms with E-state index in [2.05, 4.69) is 5.32 Å². The van der Waals surface area contributed by atoms with Gasteiger partial charge in [-0.15, -0.1) is 0 Å². The van der Waals surface area contributed by atoms with Gasteiger partial charge in [0.2, 0.25) is 6.29 Å². The van der Waals surface area contributed by atoms with E-state index < -0.39 is 59.3 Å². The number of primary amides is 1. The number of ether oxygens (including phenoxy) is 4. The topological polar surface area (TPSA) is 200 Å². The number of anilines is 1. The van der Waals surface area contributed by atoms with Crippen LogP contribution in [0.4, 0.5) is 10.5 Å². The summed E-state index contributed by atoms with van der Waals surface area (Å²) < 4.78 is 27.9. The van der Waals surface area contributed by atoms with E-state index in [9.17, 15) is 29.7 Å². The van der Waals surface area contributed by atoms with Crippen LogP contribution in [0.15, 0.2) is 51.2 Å². The Morgan fingerprint density at radius 2 is 1.87 bits per heavy atom. The van der Waals surface area contributed by atoms with Crippen molar-refractivity contribution in [3.63, 3.8) is 0 Å². The first-order valence-corrected chi connectivity index (χ1v) is 14.2. The van der Waals surface area contributed by atoms with Gasteiger partial charge in [-0.05, 0) is 83.4 Å². The second-order valence-electron chi connectivity index (χ2n) is 11.6. The van der Waals surface area contributed by atoms with Crippen LogP contribution in [0.5, 0.6) is 17.2 Å². The molecule has 13 heteroatoms. The second-order valence-corrected chi connectivity index (χ2v) is 11.6. The minimum absolute atomic E-state index is 0.0385. The van der Waals surface area contributed by atoms with Gasteiger partial charge in [0, 0.05) is 18.2 Å². The minimum atomic E-state index is -1.52. The van der Waals surface area contributed by atoms with Crippen LogP contribution in [0.2, 0.25) is 0 Å². The number of benzene rings is 2. The molecule has 0 bridgehead atoms. The van der Waals surface area contributed by atoms with Crippen LogP contribution in [0.25, 0.3) is 11.0 Å². The zero-order valence-electron chi connectivity index (χ0n) is 25.9. The summed E-state index contributed by atoms with van der Waals surface area (Å²) >= 11 is 0. The van der Waals surface area contributed by atoms with Crippen LogP contribution in [0.1, 0.15) is 55.6 Å². The number of aromatic hydroxyl groups is 2. The van der Waals surface area contributed by atoms with E-state index in [1.807, 2.05) is 19.9 Å². The summed E-state index contributed by atoms with van der Waals surface area (Å²) in [5.74, 6) is -1.05. The number of hydrogen-bond donors (Lipinski definition) is 5. The van der Waals surface area contributed by atoms with Gasteiger partial charge in [0.05, 0.1) is 11.0 Å². The van der Waals surface area contributed by atoms with E-state index in [1.165, 1.54) is 37.4 Å². The third-order valence-electron chi connectivity index (χ3n) is 7.56. The van der Waals surface area contributed by atoms with Gasteiger partial charge in [0.15, 0.2) is 23.6 Å². The van der Waals surface area contributed by atoms with Crippen molar-refractivity contribution in [2.45, 2.75) is 77.7 Å². The lowest BCUT2D eigenvalue weighted by Gasteiger charge is -2.47. The Balaban J connectivity index is 1.61. The summed E-state index contributed by atoms with van der Waals surface area (Å²) in [6.45, 7) is 8.80. The smallest absolute Gasteiger partial charge is 0.404 e. The molecule has 1 saturated heterocycles. The molecule has 13 nitrogen and oxygen atoms in total. The first-order valence-electron chi connectivity index (χ1n) is 14.2. The number of aliphatic hydroxyl groups is 1. The van der Waals surface area contributed by atoms with Crippen LogP contribution >= 0.6 is 0 Å². The highest BCUT2D eigenvalue weighted by atomic mass is 16.7. The molecule has 0 aliphatic carbocycles. The molecule has 6 N–H and O–H groups in total. The number of methoxy groups -OCH3 is 1. The summed E-state index contributed by atoms with van der Waals surface area (Å²) in [6.07, 6.45) is -2.92. The Labute approximate surface area is 259 Å². The summed E-state index contributed by atoms with van der Waals surface area (Å²) in [4.78, 5) is 37.6. The number of aryl methyl sites for hydroxylation is 2. The summed E-state index contributed by atoms with van der Waals surface area (Å²) in [6, 6.07) is 7.18. The van der Waals surface area contributed by atoms with Gasteiger partial charge in [-0.1, -0.05) is 11.6 Å². The molecule has 1 fully saturated rings. The molecule has 2 amide bonds. The Morgan fingerprint density at radius 1 is 1.16 bits per heavy atom. The van der Waals surface area contributed by atoms with Crippen LogP contribution in [0, 0.1) is 6.92 Å². The normalized spacial score (nSPS) is 20.8. The van der Waals surface area contributed by atoms with E-state index in [4.69, 9.17) is 29.1 Å². The highest BCUT2D eigenvalue weighted by Crippen LogP contribution is 2.38. The largest absolute Gasteiger partial charge is 0.508 e. The number of fused-ring (bicyclic) bond motifs is 1. The van der Waals surface area contributed by atoms with E-state index in [1.54, 1.807) is 20.8 Å². The fourth-order valence-corrected chi connectivity index (χ4v) is 5.30. The van der Waals surface area contributed by atoms with Gasteiger partial charge in [0.25, 0.3) is 5.91 Å². The lowest BCUT2D eigenvalue weighted by molar-refractivity contribution is -0.304. The third kappa shape index (κ3) is 7.06. The number of amides is 2. The number of carbonyl (C=O) groups is 2. The molecule has 2 heterocycles. The third-order valence-corrected chi connectivity index (χ3v) is 7.56. The molecule has 2 aromatic carbocycles. The standard InChI is InChI=1S/C32H38N2O11/c1-15(2)8-7-9-17-14-18(10-12-20(17)35)28(38)34-22-23(36)19-11-13-21(16(3)25(19)43-29(22)39)42-30-24(37)26(44-31(33)40)27(41-6)32(4,5)45-30/h8,10-14,24,26-27,30,35-37H,7,9H2,1-6H3,(H2,33,40)(H,34,38)/t24-,26+,27+,30-/m1/s1. The molecule has 4 atom stereocenters. The van der Waals surface area contributed by atoms with Crippen LogP contribution in [0.3, 0.4) is 0 Å². The van der Waals surface area contributed by atoms with Crippen molar-refractivity contribution in [1.82, 2.24) is 0 Å². The van der Waals surface area contributed by atoms with E-state index in [-0.39, 0.29) is 33.6 Å². The van der Waals surface area contributed by atoms with Crippen molar-refractivity contribution in [1.29, 1.82) is 0 Å². The number of allylic oxidation sites excluding steroid dienone is 2. The summed E-state index contributed by atoms with van der Waals surface area (Å²) in [7, 11) is 1.37. The van der Waals surface area contributed by atoms with Crippen LogP contribution in [-0.2, 0) is 20.6 Å². The number of phenolic OH excluding ortho intramolecular Hbond substituents is 1. The minimum Gasteiger partial charge on any atom is -0.508 e. The molecular formula is C32H38N2O11. The van der Waals surface area contributed by atoms with Crippen molar-refractivity contribution in [2.75, 3.05) is 12.4 Å². The Bertz CT molecular complexity index is 1690. The van der Waals surface area contributed by atoms with Gasteiger partial charge in [-0.25, -0.2) is 9.59 Å². The molecule has 4 rings (SSSR count). The fourth-order valence-electron chi connectivity index (χ4n) is 5.30. The highest BCUT2D eigenvalue weighted by Gasteiger charge is 2.53. The van der Waals surface area contributed by atoms with E-state index in [0.717, 1.165) is 5.57 Å². The van der Waals surface area contributed by atoms with Gasteiger partial charge in [-0.3, -0.25) is 4.79 Å². The molecule has 45 heavy (non-hydrogen) atoms. The number of phenols is 1. The average molecular weight is 627 g/mol. The SMILES string of the molecule is CO[C@H]1[C@@H](OC(N)=O)[C@@H](O)[C@H](Oc2ccc3c(O)c(NC(=O)c4ccc(O)c(CCC=C(C)C)c4)c(=O)oc3c2C)OC1(C)C. The number of aliphatic hydroxyl groups excluding tert-OH is 1. The number of carbonyl (C=O) groups excluding carboxylic acids is 2. The maximum absolute atomic E-state index is 13.1. The van der Waals surface area contributed by atoms with Crippen molar-refractivity contribution in [3.8, 4) is 17.2 Å². The number of nitrogens with two attached hydrogens (primary N) is 1. The van der Waals surface area contributed by atoms with Crippen molar-refractivity contribution in [2.24, 2.45) is 5.73 Å². The lowest BCUT2D eigenvalue weighted by atomic mass is 9.89. The molecule has 0 unspecified atom stereocenters. The van der Waals surface area contributed by atoms with E-state index >= 15 is 0 Å². The molecule has 0 spiro atoms. The summed E-state index contributed by atoms with van der Waals surface area (Å²) in [5, 5.41) is 34.7. The fraction of sp³-hybridized carbons (Fsp3) is 0.406. The highest BCUT2D eigenvalue weighted by molar-refractivity contribution is 6.06. The quantitative estimate of drug-likeness (QED) is 0.170. The molecule has 0 saturated carbocycles. The first-order chi connectivity index (χ1) is 21.1. The average Bonchev–Trinajstić information content (AvgIpc) is 2.95. The molecule has 3 aromatic rings. The molecule has 0 radical (unpaired) electrons. The van der Waals surface area contributed by atoms with E-state index in [0.29, 0.717) is 18.4 Å². The van der Waals surface area contributed by atoms with Crippen molar-refractivity contribution >= 4 is 28.7 Å². The van der Waals surface area contributed by atoms with Gasteiger partial charge in [-0.2, -0.15) is 0 Å². The predicted octanol–water partition coefficient (Wildman–Crippen LogP) is 4.02. The number of nitrogens with one attached hydrogen (secondary N) is 1. The summed E-state index contributed by atoms with van der Waals surface area (Å²) in [5.41, 5.74) is 4.70. The lowest BCUT2D eigenvalue weighted by Crippen LogP contribution is -2.65. The van der Waals surface area contributed by atoms with Gasteiger partial charge < -0.3 is 49.7 Å². The predicted molar refractivity (Wildman–Crippen MR) is 164 cm³/mol. The zero-order valence-corrected chi connectivity index (χ0v) is 25.9. The van der Waals surface area contributed by atoms with Gasteiger partial charge >= 0.3 is 11.7 Å². The molecule has 242 valence electrons. The number of hydrogen-bond acceptors (Lipinski definition) is 11. The maximum Gasteiger partial charge on any atom is 0.404 e.